The van der Waals surface area contributed by atoms with E-state index in [2.05, 4.69) is 12.2 Å². The van der Waals surface area contributed by atoms with Crippen molar-refractivity contribution < 1.29 is 4.79 Å². The second-order valence-corrected chi connectivity index (χ2v) is 5.01. The van der Waals surface area contributed by atoms with Crippen molar-refractivity contribution in [2.45, 2.75) is 38.3 Å². The molecule has 0 saturated heterocycles. The standard InChI is InChI=1S/C14H20N2O/c1-10-7-8-12(9-10)16-14(17)13(15)11-5-3-2-4-6-11/h2-6,10,12-13H,7-9,15H2,1H3,(H,16,17)/t10?,12?,13-/m0/s1. The van der Waals surface area contributed by atoms with Crippen LogP contribution in [0.4, 0.5) is 0 Å². The second kappa shape index (κ2) is 5.32. The highest BCUT2D eigenvalue weighted by atomic mass is 16.2. The van der Waals surface area contributed by atoms with Crippen LogP contribution in [0, 0.1) is 5.92 Å². The molecule has 2 unspecified atom stereocenters. The van der Waals surface area contributed by atoms with Gasteiger partial charge in [0.15, 0.2) is 0 Å². The lowest BCUT2D eigenvalue weighted by Crippen LogP contribution is -2.39. The number of hydrogen-bond acceptors (Lipinski definition) is 2. The van der Waals surface area contributed by atoms with Gasteiger partial charge in [-0.15, -0.1) is 0 Å². The van der Waals surface area contributed by atoms with Crippen LogP contribution in [0.2, 0.25) is 0 Å². The molecule has 3 atom stereocenters. The van der Waals surface area contributed by atoms with Gasteiger partial charge in [-0.1, -0.05) is 37.3 Å². The number of hydrogen-bond donors (Lipinski definition) is 2. The molecule has 1 aromatic rings. The van der Waals surface area contributed by atoms with E-state index in [0.29, 0.717) is 12.0 Å². The fourth-order valence-electron chi connectivity index (χ4n) is 2.44. The molecule has 0 bridgehead atoms. The Morgan fingerprint density at radius 1 is 1.35 bits per heavy atom. The molecule has 1 fully saturated rings. The van der Waals surface area contributed by atoms with Crippen molar-refractivity contribution in [3.8, 4) is 0 Å². The quantitative estimate of drug-likeness (QED) is 0.837. The Bertz CT molecular complexity index is 377. The summed E-state index contributed by atoms with van der Waals surface area (Å²) in [5.74, 6) is 0.656. The maximum atomic E-state index is 12.0. The number of nitrogens with one attached hydrogen (secondary N) is 1. The van der Waals surface area contributed by atoms with Crippen LogP contribution in [0.15, 0.2) is 30.3 Å². The van der Waals surface area contributed by atoms with Gasteiger partial charge in [0.1, 0.15) is 6.04 Å². The lowest BCUT2D eigenvalue weighted by atomic mass is 10.1. The average molecular weight is 232 g/mol. The van der Waals surface area contributed by atoms with Gasteiger partial charge in [0.25, 0.3) is 0 Å². The van der Waals surface area contributed by atoms with E-state index in [1.165, 1.54) is 6.42 Å². The van der Waals surface area contributed by atoms with Crippen molar-refractivity contribution in [1.29, 1.82) is 0 Å². The number of carbonyl (C=O) groups is 1. The van der Waals surface area contributed by atoms with E-state index in [1.807, 2.05) is 30.3 Å². The summed E-state index contributed by atoms with van der Waals surface area (Å²) in [5, 5.41) is 3.04. The molecule has 1 saturated carbocycles. The zero-order valence-corrected chi connectivity index (χ0v) is 10.2. The first kappa shape index (κ1) is 12.1. The topological polar surface area (TPSA) is 55.1 Å². The minimum Gasteiger partial charge on any atom is -0.352 e. The molecule has 1 aliphatic rings. The SMILES string of the molecule is CC1CCC(NC(=O)[C@@H](N)c2ccccc2)C1. The number of nitrogens with two attached hydrogens (primary N) is 1. The van der Waals surface area contributed by atoms with Gasteiger partial charge in [-0.05, 0) is 30.7 Å². The highest BCUT2D eigenvalue weighted by molar-refractivity contribution is 5.83. The molecular weight excluding hydrogens is 212 g/mol. The maximum absolute atomic E-state index is 12.0. The van der Waals surface area contributed by atoms with Crippen molar-refractivity contribution in [2.75, 3.05) is 0 Å². The minimum atomic E-state index is -0.549. The van der Waals surface area contributed by atoms with Crippen molar-refractivity contribution in [3.05, 3.63) is 35.9 Å². The molecule has 3 N–H and O–H groups in total. The third kappa shape index (κ3) is 3.07. The van der Waals surface area contributed by atoms with Gasteiger partial charge in [0.05, 0.1) is 0 Å². The van der Waals surface area contributed by atoms with Crippen molar-refractivity contribution >= 4 is 5.91 Å². The number of amides is 1. The molecule has 92 valence electrons. The first-order valence-corrected chi connectivity index (χ1v) is 6.27. The van der Waals surface area contributed by atoms with E-state index in [0.717, 1.165) is 18.4 Å². The molecule has 0 spiro atoms. The van der Waals surface area contributed by atoms with Crippen LogP contribution in [0.5, 0.6) is 0 Å². The third-order valence-electron chi connectivity index (χ3n) is 3.48. The van der Waals surface area contributed by atoms with Gasteiger partial charge < -0.3 is 11.1 Å². The Morgan fingerprint density at radius 2 is 2.06 bits per heavy atom. The Balaban J connectivity index is 1.92. The first-order chi connectivity index (χ1) is 8.16. The summed E-state index contributed by atoms with van der Waals surface area (Å²) >= 11 is 0. The first-order valence-electron chi connectivity index (χ1n) is 6.27. The summed E-state index contributed by atoms with van der Waals surface area (Å²) in [6.45, 7) is 2.23. The van der Waals surface area contributed by atoms with Crippen molar-refractivity contribution in [3.63, 3.8) is 0 Å². The smallest absolute Gasteiger partial charge is 0.241 e. The normalized spacial score (nSPS) is 25.5. The largest absolute Gasteiger partial charge is 0.352 e. The second-order valence-electron chi connectivity index (χ2n) is 5.01. The summed E-state index contributed by atoms with van der Waals surface area (Å²) in [4.78, 5) is 12.0. The summed E-state index contributed by atoms with van der Waals surface area (Å²) < 4.78 is 0. The molecule has 1 amide bonds. The van der Waals surface area contributed by atoms with E-state index in [-0.39, 0.29) is 5.91 Å². The molecule has 0 heterocycles. The molecule has 17 heavy (non-hydrogen) atoms. The van der Waals surface area contributed by atoms with Gasteiger partial charge in [-0.2, -0.15) is 0 Å². The molecule has 0 aromatic heterocycles. The Morgan fingerprint density at radius 3 is 2.65 bits per heavy atom. The fourth-order valence-corrected chi connectivity index (χ4v) is 2.44. The zero-order valence-electron chi connectivity index (χ0n) is 10.2. The summed E-state index contributed by atoms with van der Waals surface area (Å²) in [6.07, 6.45) is 3.35. The number of carbonyl (C=O) groups excluding carboxylic acids is 1. The highest BCUT2D eigenvalue weighted by Gasteiger charge is 2.25. The minimum absolute atomic E-state index is 0.0599. The van der Waals surface area contributed by atoms with E-state index < -0.39 is 6.04 Å². The van der Waals surface area contributed by atoms with Crippen LogP contribution >= 0.6 is 0 Å². The van der Waals surface area contributed by atoms with Crippen molar-refractivity contribution in [2.24, 2.45) is 11.7 Å². The molecule has 1 aliphatic carbocycles. The van der Waals surface area contributed by atoms with Crippen molar-refractivity contribution in [1.82, 2.24) is 5.32 Å². The predicted octanol–water partition coefficient (Wildman–Crippen LogP) is 1.99. The van der Waals surface area contributed by atoms with Gasteiger partial charge in [0, 0.05) is 6.04 Å². The van der Waals surface area contributed by atoms with Gasteiger partial charge in [0.2, 0.25) is 5.91 Å². The fraction of sp³-hybridized carbons (Fsp3) is 0.500. The number of benzene rings is 1. The Labute approximate surface area is 102 Å². The Hall–Kier alpha value is -1.35. The van der Waals surface area contributed by atoms with Crippen LogP contribution in [0.25, 0.3) is 0 Å². The summed E-state index contributed by atoms with van der Waals surface area (Å²) in [5.41, 5.74) is 6.81. The molecule has 3 heteroatoms. The van der Waals surface area contributed by atoms with Crippen LogP contribution < -0.4 is 11.1 Å². The summed E-state index contributed by atoms with van der Waals surface area (Å²) in [7, 11) is 0. The monoisotopic (exact) mass is 232 g/mol. The van der Waals surface area contributed by atoms with Crippen LogP contribution in [0.1, 0.15) is 37.8 Å². The van der Waals surface area contributed by atoms with Crippen LogP contribution in [-0.4, -0.2) is 11.9 Å². The molecule has 0 radical (unpaired) electrons. The van der Waals surface area contributed by atoms with Crippen LogP contribution in [0.3, 0.4) is 0 Å². The molecular formula is C14H20N2O. The zero-order chi connectivity index (χ0) is 12.3. The van der Waals surface area contributed by atoms with E-state index in [4.69, 9.17) is 5.73 Å². The van der Waals surface area contributed by atoms with E-state index in [9.17, 15) is 4.79 Å². The summed E-state index contributed by atoms with van der Waals surface area (Å²) in [6, 6.07) is 9.27. The average Bonchev–Trinajstić information content (AvgIpc) is 2.75. The van der Waals surface area contributed by atoms with Gasteiger partial charge in [-0.25, -0.2) is 0 Å². The lowest BCUT2D eigenvalue weighted by molar-refractivity contribution is -0.123. The lowest BCUT2D eigenvalue weighted by Gasteiger charge is -2.17. The highest BCUT2D eigenvalue weighted by Crippen LogP contribution is 2.25. The maximum Gasteiger partial charge on any atom is 0.241 e. The Kier molecular flexibility index (Phi) is 3.79. The predicted molar refractivity (Wildman–Crippen MR) is 68.3 cm³/mol. The van der Waals surface area contributed by atoms with Gasteiger partial charge >= 0.3 is 0 Å². The molecule has 2 rings (SSSR count). The van der Waals surface area contributed by atoms with E-state index in [1.54, 1.807) is 0 Å². The van der Waals surface area contributed by atoms with E-state index >= 15 is 0 Å². The van der Waals surface area contributed by atoms with Gasteiger partial charge in [-0.3, -0.25) is 4.79 Å². The molecule has 0 aliphatic heterocycles. The number of rotatable bonds is 3. The molecule has 3 nitrogen and oxygen atoms in total. The molecule has 1 aromatic carbocycles. The van der Waals surface area contributed by atoms with Crippen LogP contribution in [-0.2, 0) is 4.79 Å². The third-order valence-corrected chi connectivity index (χ3v) is 3.48.